The number of aryl methyl sites for hydroxylation is 2. The van der Waals surface area contributed by atoms with Gasteiger partial charge in [0.05, 0.1) is 6.10 Å². The van der Waals surface area contributed by atoms with E-state index < -0.39 is 0 Å². The number of aliphatic hydroxyl groups is 1. The third kappa shape index (κ3) is 2.73. The summed E-state index contributed by atoms with van der Waals surface area (Å²) in [6.45, 7) is 1.27. The van der Waals surface area contributed by atoms with E-state index in [0.717, 1.165) is 18.5 Å². The van der Waals surface area contributed by atoms with E-state index in [-0.39, 0.29) is 12.1 Å². The van der Waals surface area contributed by atoms with Gasteiger partial charge >= 0.3 is 6.03 Å². The summed E-state index contributed by atoms with van der Waals surface area (Å²) in [5.74, 6) is 0. The van der Waals surface area contributed by atoms with Crippen molar-refractivity contribution in [2.24, 2.45) is 0 Å². The number of fused-ring (bicyclic) bond motifs is 1. The minimum atomic E-state index is -0.246. The lowest BCUT2D eigenvalue weighted by Crippen LogP contribution is -2.42. The smallest absolute Gasteiger partial charge is 0.321 e. The number of carbonyl (C=O) groups is 1. The highest BCUT2D eigenvalue weighted by molar-refractivity contribution is 5.89. The predicted octanol–water partition coefficient (Wildman–Crippen LogP) is 2.16. The van der Waals surface area contributed by atoms with E-state index in [4.69, 9.17) is 0 Å². The summed E-state index contributed by atoms with van der Waals surface area (Å²) < 4.78 is 0. The monoisotopic (exact) mass is 260 g/mol. The van der Waals surface area contributed by atoms with Crippen LogP contribution in [0.2, 0.25) is 0 Å². The maximum atomic E-state index is 12.1. The molecule has 1 aliphatic carbocycles. The number of nitrogens with zero attached hydrogens (tertiary/aromatic N) is 1. The second-order valence-corrected chi connectivity index (χ2v) is 5.49. The molecule has 0 atom stereocenters. The van der Waals surface area contributed by atoms with Crippen molar-refractivity contribution in [2.45, 2.75) is 38.2 Å². The molecule has 0 bridgehead atoms. The van der Waals surface area contributed by atoms with Gasteiger partial charge in [-0.25, -0.2) is 4.79 Å². The molecule has 1 fully saturated rings. The number of hydrogen-bond acceptors (Lipinski definition) is 2. The van der Waals surface area contributed by atoms with E-state index in [1.807, 2.05) is 6.07 Å². The summed E-state index contributed by atoms with van der Waals surface area (Å²) in [4.78, 5) is 13.9. The van der Waals surface area contributed by atoms with Crippen LogP contribution < -0.4 is 5.32 Å². The van der Waals surface area contributed by atoms with E-state index >= 15 is 0 Å². The van der Waals surface area contributed by atoms with Crippen LogP contribution in [0, 0.1) is 0 Å². The van der Waals surface area contributed by atoms with Crippen LogP contribution in [0.15, 0.2) is 18.2 Å². The molecule has 0 spiro atoms. The van der Waals surface area contributed by atoms with E-state index in [1.165, 1.54) is 17.5 Å². The minimum Gasteiger partial charge on any atom is -0.393 e. The van der Waals surface area contributed by atoms with Gasteiger partial charge in [0.2, 0.25) is 0 Å². The highest BCUT2D eigenvalue weighted by Gasteiger charge is 2.21. The van der Waals surface area contributed by atoms with Crippen molar-refractivity contribution in [3.63, 3.8) is 0 Å². The molecule has 1 saturated heterocycles. The first-order chi connectivity index (χ1) is 9.22. The number of amides is 2. The van der Waals surface area contributed by atoms with Crippen molar-refractivity contribution in [1.82, 2.24) is 4.90 Å². The average Bonchev–Trinajstić information content (AvgIpc) is 2.87. The Morgan fingerprint density at radius 3 is 2.74 bits per heavy atom. The fourth-order valence-corrected chi connectivity index (χ4v) is 2.92. The van der Waals surface area contributed by atoms with Gasteiger partial charge in [0.25, 0.3) is 0 Å². The molecular weight excluding hydrogens is 240 g/mol. The van der Waals surface area contributed by atoms with Gasteiger partial charge in [-0.1, -0.05) is 6.07 Å². The van der Waals surface area contributed by atoms with Gasteiger partial charge in [-0.2, -0.15) is 0 Å². The Morgan fingerprint density at radius 1 is 1.21 bits per heavy atom. The van der Waals surface area contributed by atoms with Gasteiger partial charge in [-0.3, -0.25) is 0 Å². The van der Waals surface area contributed by atoms with Gasteiger partial charge in [0, 0.05) is 18.8 Å². The Hall–Kier alpha value is -1.55. The molecule has 1 aliphatic heterocycles. The quantitative estimate of drug-likeness (QED) is 0.813. The molecule has 1 aromatic rings. The normalized spacial score (nSPS) is 19.3. The van der Waals surface area contributed by atoms with E-state index in [0.29, 0.717) is 25.9 Å². The highest BCUT2D eigenvalue weighted by Crippen LogP contribution is 2.25. The maximum absolute atomic E-state index is 12.1. The number of urea groups is 1. The topological polar surface area (TPSA) is 52.6 Å². The lowest BCUT2D eigenvalue weighted by atomic mass is 10.1. The fraction of sp³-hybridized carbons (Fsp3) is 0.533. The zero-order chi connectivity index (χ0) is 13.2. The first-order valence-electron chi connectivity index (χ1n) is 7.08. The van der Waals surface area contributed by atoms with Gasteiger partial charge < -0.3 is 15.3 Å². The molecule has 0 aromatic heterocycles. The molecular formula is C15H20N2O2. The predicted molar refractivity (Wildman–Crippen MR) is 74.3 cm³/mol. The number of hydrogen-bond donors (Lipinski definition) is 2. The lowest BCUT2D eigenvalue weighted by molar-refractivity contribution is 0.0972. The molecule has 1 aromatic carbocycles. The van der Waals surface area contributed by atoms with Gasteiger partial charge in [0.1, 0.15) is 0 Å². The summed E-state index contributed by atoms with van der Waals surface area (Å²) in [5, 5.41) is 12.4. The van der Waals surface area contributed by atoms with Gasteiger partial charge in [-0.15, -0.1) is 0 Å². The molecule has 2 N–H and O–H groups in total. The Kier molecular flexibility index (Phi) is 3.42. The number of anilines is 1. The Bertz CT molecular complexity index is 479. The Labute approximate surface area is 113 Å². The van der Waals surface area contributed by atoms with Crippen molar-refractivity contribution in [2.75, 3.05) is 18.4 Å². The number of nitrogens with one attached hydrogen (secondary N) is 1. The van der Waals surface area contributed by atoms with Crippen molar-refractivity contribution >= 4 is 11.7 Å². The van der Waals surface area contributed by atoms with Crippen molar-refractivity contribution in [3.8, 4) is 0 Å². The van der Waals surface area contributed by atoms with E-state index in [9.17, 15) is 9.90 Å². The van der Waals surface area contributed by atoms with Crippen LogP contribution in [0.25, 0.3) is 0 Å². The molecule has 19 heavy (non-hydrogen) atoms. The first-order valence-corrected chi connectivity index (χ1v) is 7.08. The van der Waals surface area contributed by atoms with Crippen LogP contribution in [0.4, 0.5) is 10.5 Å². The minimum absolute atomic E-state index is 0.0511. The summed E-state index contributed by atoms with van der Waals surface area (Å²) in [6.07, 6.45) is 4.61. The number of benzene rings is 1. The molecule has 102 valence electrons. The third-order valence-corrected chi connectivity index (χ3v) is 4.10. The van der Waals surface area contributed by atoms with Crippen LogP contribution in [-0.2, 0) is 12.8 Å². The number of rotatable bonds is 1. The lowest BCUT2D eigenvalue weighted by Gasteiger charge is -2.29. The number of carbonyl (C=O) groups excluding carboxylic acids is 1. The maximum Gasteiger partial charge on any atom is 0.321 e. The van der Waals surface area contributed by atoms with Crippen LogP contribution in [0.5, 0.6) is 0 Å². The standard InChI is InChI=1S/C15H20N2O2/c18-14-6-8-17(9-7-14)15(19)16-13-5-4-11-2-1-3-12(11)10-13/h4-5,10,14,18H,1-3,6-9H2,(H,16,19). The SMILES string of the molecule is O=C(Nc1ccc2c(c1)CCC2)N1CCC(O)CC1. The van der Waals surface area contributed by atoms with Crippen molar-refractivity contribution < 1.29 is 9.90 Å². The summed E-state index contributed by atoms with van der Waals surface area (Å²) >= 11 is 0. The molecule has 4 nitrogen and oxygen atoms in total. The molecule has 0 unspecified atom stereocenters. The third-order valence-electron chi connectivity index (χ3n) is 4.10. The summed E-state index contributed by atoms with van der Waals surface area (Å²) in [6, 6.07) is 6.16. The molecule has 3 rings (SSSR count). The average molecular weight is 260 g/mol. The molecule has 2 aliphatic rings. The number of piperidine rings is 1. The van der Waals surface area contributed by atoms with Crippen molar-refractivity contribution in [1.29, 1.82) is 0 Å². The van der Waals surface area contributed by atoms with Crippen LogP contribution in [-0.4, -0.2) is 35.2 Å². The molecule has 0 radical (unpaired) electrons. The largest absolute Gasteiger partial charge is 0.393 e. The van der Waals surface area contributed by atoms with Crippen LogP contribution in [0.1, 0.15) is 30.4 Å². The van der Waals surface area contributed by atoms with Crippen molar-refractivity contribution in [3.05, 3.63) is 29.3 Å². The van der Waals surface area contributed by atoms with Gasteiger partial charge in [-0.05, 0) is 55.4 Å². The summed E-state index contributed by atoms with van der Waals surface area (Å²) in [7, 11) is 0. The Balaban J connectivity index is 1.63. The van der Waals surface area contributed by atoms with Gasteiger partial charge in [0.15, 0.2) is 0 Å². The molecule has 4 heteroatoms. The van der Waals surface area contributed by atoms with E-state index in [1.54, 1.807) is 4.90 Å². The Morgan fingerprint density at radius 2 is 1.95 bits per heavy atom. The fourth-order valence-electron chi connectivity index (χ4n) is 2.92. The zero-order valence-corrected chi connectivity index (χ0v) is 11.1. The number of likely N-dealkylation sites (tertiary alicyclic amines) is 1. The highest BCUT2D eigenvalue weighted by atomic mass is 16.3. The molecule has 0 saturated carbocycles. The van der Waals surface area contributed by atoms with E-state index in [2.05, 4.69) is 17.4 Å². The second-order valence-electron chi connectivity index (χ2n) is 5.49. The second kappa shape index (κ2) is 5.21. The van der Waals surface area contributed by atoms with Crippen LogP contribution in [0.3, 0.4) is 0 Å². The molecule has 1 heterocycles. The van der Waals surface area contributed by atoms with Crippen LogP contribution >= 0.6 is 0 Å². The summed E-state index contributed by atoms with van der Waals surface area (Å²) in [5.41, 5.74) is 3.67. The molecule has 2 amide bonds. The zero-order valence-electron chi connectivity index (χ0n) is 11.1. The first kappa shape index (κ1) is 12.5. The number of aliphatic hydroxyl groups excluding tert-OH is 1.